The lowest BCUT2D eigenvalue weighted by atomic mass is 10.0. The van der Waals surface area contributed by atoms with Crippen LogP contribution >= 0.6 is 0 Å². The molecular formula is C20H25N3O2. The summed E-state index contributed by atoms with van der Waals surface area (Å²) in [5.74, 6) is 0. The molecule has 2 aromatic rings. The van der Waals surface area contributed by atoms with Crippen LogP contribution in [0.15, 0.2) is 48.7 Å². The van der Waals surface area contributed by atoms with Crippen molar-refractivity contribution in [1.82, 2.24) is 15.2 Å². The molecule has 25 heavy (non-hydrogen) atoms. The molecule has 1 aliphatic rings. The number of aromatic nitrogens is 1. The van der Waals surface area contributed by atoms with E-state index in [0.29, 0.717) is 19.7 Å². The number of nitrogens with one attached hydrogen (secondary N) is 1. The zero-order chi connectivity index (χ0) is 17.9. The van der Waals surface area contributed by atoms with E-state index in [-0.39, 0.29) is 17.7 Å². The lowest BCUT2D eigenvalue weighted by Crippen LogP contribution is -2.54. The van der Waals surface area contributed by atoms with Crippen LogP contribution in [0.1, 0.15) is 36.7 Å². The van der Waals surface area contributed by atoms with Crippen LogP contribution in [0.2, 0.25) is 0 Å². The Morgan fingerprint density at radius 2 is 2.12 bits per heavy atom. The second-order valence-electron chi connectivity index (χ2n) is 7.08. The minimum absolute atomic E-state index is 0.0893. The summed E-state index contributed by atoms with van der Waals surface area (Å²) < 4.78 is 5.70. The predicted molar refractivity (Wildman–Crippen MR) is 97.4 cm³/mol. The van der Waals surface area contributed by atoms with Gasteiger partial charge in [0.05, 0.1) is 30.5 Å². The number of carbonyl (C=O) groups excluding carboxylic acids is 1. The first-order valence-electron chi connectivity index (χ1n) is 8.61. The van der Waals surface area contributed by atoms with Crippen LogP contribution in [0, 0.1) is 6.92 Å². The third-order valence-corrected chi connectivity index (χ3v) is 4.34. The molecular weight excluding hydrogens is 314 g/mol. The van der Waals surface area contributed by atoms with Gasteiger partial charge in [-0.05, 0) is 38.5 Å². The number of morpholine rings is 1. The van der Waals surface area contributed by atoms with Crippen molar-refractivity contribution in [3.8, 4) is 0 Å². The Bertz CT molecular complexity index is 731. The van der Waals surface area contributed by atoms with Gasteiger partial charge in [-0.15, -0.1) is 0 Å². The number of hydrogen-bond donors (Lipinski definition) is 1. The standard InChI is InChI=1S/C20H25N3O2/c1-15-7-6-8-16(13-15)18(17-9-4-5-10-21-17)22-19(24)23-11-12-25-20(2,3)14-23/h4-10,13,18H,11-12,14H2,1-3H3,(H,22,24)/t18-/m0/s1. The summed E-state index contributed by atoms with van der Waals surface area (Å²) in [4.78, 5) is 19.1. The Balaban J connectivity index is 1.84. The molecule has 1 aromatic heterocycles. The van der Waals surface area contributed by atoms with Gasteiger partial charge in [0.25, 0.3) is 0 Å². The second kappa shape index (κ2) is 7.23. The molecule has 2 amide bonds. The fourth-order valence-corrected chi connectivity index (χ4v) is 3.13. The average Bonchev–Trinajstić information content (AvgIpc) is 2.59. The van der Waals surface area contributed by atoms with Gasteiger partial charge in [0.15, 0.2) is 0 Å². The third-order valence-electron chi connectivity index (χ3n) is 4.34. The van der Waals surface area contributed by atoms with Crippen molar-refractivity contribution >= 4 is 6.03 Å². The van der Waals surface area contributed by atoms with E-state index in [1.165, 1.54) is 0 Å². The summed E-state index contributed by atoms with van der Waals surface area (Å²) >= 11 is 0. The normalized spacial score (nSPS) is 17.8. The van der Waals surface area contributed by atoms with Crippen molar-refractivity contribution in [2.75, 3.05) is 19.7 Å². The Morgan fingerprint density at radius 3 is 2.80 bits per heavy atom. The third kappa shape index (κ3) is 4.37. The highest BCUT2D eigenvalue weighted by molar-refractivity contribution is 5.75. The molecule has 0 unspecified atom stereocenters. The van der Waals surface area contributed by atoms with Gasteiger partial charge < -0.3 is 15.0 Å². The van der Waals surface area contributed by atoms with Gasteiger partial charge in [0.2, 0.25) is 0 Å². The number of urea groups is 1. The average molecular weight is 339 g/mol. The van der Waals surface area contributed by atoms with E-state index in [1.54, 1.807) is 6.20 Å². The number of hydrogen-bond acceptors (Lipinski definition) is 3. The Labute approximate surface area is 149 Å². The van der Waals surface area contributed by atoms with E-state index < -0.39 is 0 Å². The van der Waals surface area contributed by atoms with E-state index in [4.69, 9.17) is 4.74 Å². The number of nitrogens with zero attached hydrogens (tertiary/aromatic N) is 2. The molecule has 0 radical (unpaired) electrons. The maximum atomic E-state index is 12.9. The number of pyridine rings is 1. The quantitative estimate of drug-likeness (QED) is 0.933. The van der Waals surface area contributed by atoms with Crippen LogP contribution in [0.5, 0.6) is 0 Å². The van der Waals surface area contributed by atoms with E-state index >= 15 is 0 Å². The molecule has 0 aliphatic carbocycles. The van der Waals surface area contributed by atoms with Crippen molar-refractivity contribution < 1.29 is 9.53 Å². The zero-order valence-electron chi connectivity index (χ0n) is 15.0. The molecule has 1 saturated heterocycles. The van der Waals surface area contributed by atoms with Crippen molar-refractivity contribution in [3.05, 3.63) is 65.5 Å². The molecule has 1 atom stereocenters. The Hall–Kier alpha value is -2.40. The highest BCUT2D eigenvalue weighted by Gasteiger charge is 2.31. The van der Waals surface area contributed by atoms with Gasteiger partial charge in [0.1, 0.15) is 0 Å². The summed E-state index contributed by atoms with van der Waals surface area (Å²) in [5.41, 5.74) is 2.69. The molecule has 5 nitrogen and oxygen atoms in total. The van der Waals surface area contributed by atoms with Gasteiger partial charge >= 0.3 is 6.03 Å². The second-order valence-corrected chi connectivity index (χ2v) is 7.08. The van der Waals surface area contributed by atoms with Gasteiger partial charge in [-0.1, -0.05) is 35.9 Å². The van der Waals surface area contributed by atoms with E-state index in [1.807, 2.05) is 62.1 Å². The van der Waals surface area contributed by atoms with Gasteiger partial charge in [-0.3, -0.25) is 4.98 Å². The molecule has 3 rings (SSSR count). The molecule has 5 heteroatoms. The lowest BCUT2D eigenvalue weighted by Gasteiger charge is -2.38. The molecule has 0 bridgehead atoms. The molecule has 132 valence electrons. The first-order chi connectivity index (χ1) is 11.9. The van der Waals surface area contributed by atoms with E-state index in [0.717, 1.165) is 16.8 Å². The molecule has 2 heterocycles. The smallest absolute Gasteiger partial charge is 0.318 e. The highest BCUT2D eigenvalue weighted by Crippen LogP contribution is 2.23. The zero-order valence-corrected chi connectivity index (χ0v) is 15.0. The molecule has 1 N–H and O–H groups in total. The van der Waals surface area contributed by atoms with E-state index in [9.17, 15) is 4.79 Å². The first kappa shape index (κ1) is 17.4. The number of carbonyl (C=O) groups is 1. The first-order valence-corrected chi connectivity index (χ1v) is 8.61. The summed E-state index contributed by atoms with van der Waals surface area (Å²) in [5, 5.41) is 3.15. The summed E-state index contributed by atoms with van der Waals surface area (Å²) in [6.45, 7) is 7.77. The van der Waals surface area contributed by atoms with Crippen molar-refractivity contribution in [3.63, 3.8) is 0 Å². The largest absolute Gasteiger partial charge is 0.372 e. The molecule has 0 spiro atoms. The Morgan fingerprint density at radius 1 is 1.28 bits per heavy atom. The maximum Gasteiger partial charge on any atom is 0.318 e. The predicted octanol–water partition coefficient (Wildman–Crippen LogP) is 3.30. The number of ether oxygens (including phenoxy) is 1. The van der Waals surface area contributed by atoms with Crippen molar-refractivity contribution in [1.29, 1.82) is 0 Å². The molecule has 0 saturated carbocycles. The monoisotopic (exact) mass is 339 g/mol. The van der Waals surface area contributed by atoms with Crippen LogP contribution in [0.25, 0.3) is 0 Å². The Kier molecular flexibility index (Phi) is 5.04. The summed E-state index contributed by atoms with van der Waals surface area (Å²) in [6.07, 6.45) is 1.75. The van der Waals surface area contributed by atoms with Gasteiger partial charge in [-0.2, -0.15) is 0 Å². The minimum atomic E-state index is -0.320. The van der Waals surface area contributed by atoms with Crippen LogP contribution < -0.4 is 5.32 Å². The fourth-order valence-electron chi connectivity index (χ4n) is 3.13. The minimum Gasteiger partial charge on any atom is -0.372 e. The number of aryl methyl sites for hydroxylation is 1. The van der Waals surface area contributed by atoms with Crippen LogP contribution in [0.3, 0.4) is 0 Å². The molecule has 1 aromatic carbocycles. The van der Waals surface area contributed by atoms with Crippen molar-refractivity contribution in [2.24, 2.45) is 0 Å². The van der Waals surface area contributed by atoms with Crippen LogP contribution in [-0.2, 0) is 4.74 Å². The molecule has 1 aliphatic heterocycles. The van der Waals surface area contributed by atoms with Crippen LogP contribution in [0.4, 0.5) is 4.79 Å². The lowest BCUT2D eigenvalue weighted by molar-refractivity contribution is -0.0734. The highest BCUT2D eigenvalue weighted by atomic mass is 16.5. The number of benzene rings is 1. The van der Waals surface area contributed by atoms with Gasteiger partial charge in [0, 0.05) is 12.7 Å². The topological polar surface area (TPSA) is 54.5 Å². The number of amides is 2. The maximum absolute atomic E-state index is 12.9. The fraction of sp³-hybridized carbons (Fsp3) is 0.400. The van der Waals surface area contributed by atoms with Crippen LogP contribution in [-0.4, -0.2) is 41.2 Å². The van der Waals surface area contributed by atoms with E-state index in [2.05, 4.69) is 16.4 Å². The summed E-state index contributed by atoms with van der Waals surface area (Å²) in [7, 11) is 0. The number of rotatable bonds is 3. The van der Waals surface area contributed by atoms with Crippen molar-refractivity contribution in [2.45, 2.75) is 32.4 Å². The van der Waals surface area contributed by atoms with Gasteiger partial charge in [-0.25, -0.2) is 4.79 Å². The SMILES string of the molecule is Cc1cccc([C@H](NC(=O)N2CCOC(C)(C)C2)c2ccccn2)c1. The summed E-state index contributed by atoms with van der Waals surface area (Å²) in [6, 6.07) is 13.6. The molecule has 1 fully saturated rings.